The van der Waals surface area contributed by atoms with Crippen LogP contribution in [0.5, 0.6) is 5.75 Å². The predicted molar refractivity (Wildman–Crippen MR) is 70.4 cm³/mol. The second kappa shape index (κ2) is 6.82. The second-order valence-electron chi connectivity index (χ2n) is 5.38. The van der Waals surface area contributed by atoms with Crippen LogP contribution in [0.4, 0.5) is 8.78 Å². The maximum absolute atomic E-state index is 13.5. The van der Waals surface area contributed by atoms with Crippen molar-refractivity contribution in [2.45, 2.75) is 32.4 Å². The number of halogens is 2. The van der Waals surface area contributed by atoms with Crippen LogP contribution in [-0.2, 0) is 4.74 Å². The van der Waals surface area contributed by atoms with Crippen molar-refractivity contribution >= 4 is 0 Å². The highest BCUT2D eigenvalue weighted by molar-refractivity contribution is 5.25. The molecule has 1 atom stereocenters. The summed E-state index contributed by atoms with van der Waals surface area (Å²) in [7, 11) is 1.54. The molecule has 0 saturated carbocycles. The second-order valence-corrected chi connectivity index (χ2v) is 5.38. The summed E-state index contributed by atoms with van der Waals surface area (Å²) >= 11 is 0. The van der Waals surface area contributed by atoms with Gasteiger partial charge in [-0.3, -0.25) is 0 Å². The maximum Gasteiger partial charge on any atom is 0.200 e. The van der Waals surface area contributed by atoms with Gasteiger partial charge in [-0.25, -0.2) is 4.39 Å². The minimum Gasteiger partial charge on any atom is -0.483 e. The Morgan fingerprint density at radius 1 is 1.26 bits per heavy atom. The van der Waals surface area contributed by atoms with E-state index in [0.717, 1.165) is 6.07 Å². The molecule has 0 bridgehead atoms. The average Bonchev–Trinajstić information content (AvgIpc) is 2.31. The van der Waals surface area contributed by atoms with Gasteiger partial charge in [0, 0.05) is 19.2 Å². The Hall–Kier alpha value is -1.20. The van der Waals surface area contributed by atoms with Gasteiger partial charge in [0.15, 0.2) is 11.6 Å². The Labute approximate surface area is 112 Å². The molecule has 0 aliphatic heterocycles. The first-order valence-electron chi connectivity index (χ1n) is 6.18. The van der Waals surface area contributed by atoms with Crippen molar-refractivity contribution in [2.75, 3.05) is 20.3 Å². The average molecular weight is 273 g/mol. The van der Waals surface area contributed by atoms with E-state index in [4.69, 9.17) is 9.47 Å². The molecule has 0 heterocycles. The van der Waals surface area contributed by atoms with E-state index < -0.39 is 11.6 Å². The van der Waals surface area contributed by atoms with E-state index in [0.29, 0.717) is 13.2 Å². The van der Waals surface area contributed by atoms with Crippen molar-refractivity contribution in [3.8, 4) is 5.75 Å². The van der Waals surface area contributed by atoms with Crippen LogP contribution in [0.1, 0.15) is 20.8 Å². The quantitative estimate of drug-likeness (QED) is 0.864. The molecule has 1 rings (SSSR count). The summed E-state index contributed by atoms with van der Waals surface area (Å²) in [6, 6.07) is 3.87. The Morgan fingerprint density at radius 2 is 1.95 bits per heavy atom. The summed E-state index contributed by atoms with van der Waals surface area (Å²) in [5.74, 6) is -1.99. The number of ether oxygens (including phenoxy) is 2. The van der Waals surface area contributed by atoms with Gasteiger partial charge in [-0.1, -0.05) is 6.07 Å². The topological polar surface area (TPSA) is 30.5 Å². The Balaban J connectivity index is 2.70. The minimum absolute atomic E-state index is 0.0875. The molecule has 1 aromatic rings. The lowest BCUT2D eigenvalue weighted by Crippen LogP contribution is -2.44. The first-order valence-corrected chi connectivity index (χ1v) is 6.18. The molecule has 5 heteroatoms. The molecule has 1 N–H and O–H groups in total. The molecule has 0 amide bonds. The molecule has 0 saturated heterocycles. The molecule has 19 heavy (non-hydrogen) atoms. The third-order valence-electron chi connectivity index (χ3n) is 2.42. The smallest absolute Gasteiger partial charge is 0.200 e. The molecule has 3 nitrogen and oxygen atoms in total. The zero-order valence-corrected chi connectivity index (χ0v) is 11.8. The summed E-state index contributed by atoms with van der Waals surface area (Å²) in [4.78, 5) is 0. The van der Waals surface area contributed by atoms with Crippen molar-refractivity contribution in [1.82, 2.24) is 5.32 Å². The van der Waals surface area contributed by atoms with Gasteiger partial charge >= 0.3 is 0 Å². The van der Waals surface area contributed by atoms with E-state index in [1.165, 1.54) is 19.2 Å². The largest absolute Gasteiger partial charge is 0.483 e. The molecule has 0 radical (unpaired) electrons. The fourth-order valence-electron chi connectivity index (χ4n) is 1.50. The monoisotopic (exact) mass is 273 g/mol. The van der Waals surface area contributed by atoms with Crippen LogP contribution in [0.15, 0.2) is 18.2 Å². The van der Waals surface area contributed by atoms with Gasteiger partial charge in [-0.05, 0) is 32.9 Å². The number of hydrogen-bond donors (Lipinski definition) is 1. The number of nitrogens with one attached hydrogen (secondary N) is 1. The first kappa shape index (κ1) is 15.9. The fourth-order valence-corrected chi connectivity index (χ4v) is 1.50. The van der Waals surface area contributed by atoms with Crippen LogP contribution in [0, 0.1) is 11.6 Å². The van der Waals surface area contributed by atoms with Crippen molar-refractivity contribution in [2.24, 2.45) is 0 Å². The van der Waals surface area contributed by atoms with Crippen LogP contribution in [-0.4, -0.2) is 31.9 Å². The van der Waals surface area contributed by atoms with Gasteiger partial charge in [0.25, 0.3) is 0 Å². The van der Waals surface area contributed by atoms with E-state index in [9.17, 15) is 8.78 Å². The summed E-state index contributed by atoms with van der Waals surface area (Å²) in [6.07, 6.45) is -0.388. The predicted octanol–water partition coefficient (Wildman–Crippen LogP) is 2.75. The Morgan fingerprint density at radius 3 is 2.53 bits per heavy atom. The number of methoxy groups -OCH3 is 1. The van der Waals surface area contributed by atoms with E-state index in [1.54, 1.807) is 0 Å². The SMILES string of the molecule is COCC(CNC(C)(C)C)Oc1cccc(F)c1F. The van der Waals surface area contributed by atoms with Gasteiger partial charge in [0.2, 0.25) is 5.82 Å². The van der Waals surface area contributed by atoms with E-state index in [-0.39, 0.29) is 17.4 Å². The number of benzene rings is 1. The Kier molecular flexibility index (Phi) is 5.69. The van der Waals surface area contributed by atoms with E-state index in [1.807, 2.05) is 20.8 Å². The molecule has 0 aliphatic rings. The molecule has 108 valence electrons. The first-order chi connectivity index (χ1) is 8.83. The van der Waals surface area contributed by atoms with Gasteiger partial charge in [-0.2, -0.15) is 4.39 Å². The molecule has 0 fully saturated rings. The maximum atomic E-state index is 13.5. The van der Waals surface area contributed by atoms with E-state index in [2.05, 4.69) is 5.32 Å². The molecule has 1 aromatic carbocycles. The highest BCUT2D eigenvalue weighted by atomic mass is 19.2. The lowest BCUT2D eigenvalue weighted by molar-refractivity contribution is 0.0733. The standard InChI is InChI=1S/C14H21F2NO2/c1-14(2,3)17-8-10(9-18-4)19-12-7-5-6-11(15)13(12)16/h5-7,10,17H,8-9H2,1-4H3. The van der Waals surface area contributed by atoms with Gasteiger partial charge < -0.3 is 14.8 Å². The van der Waals surface area contributed by atoms with Crippen LogP contribution < -0.4 is 10.1 Å². The molecule has 0 aliphatic carbocycles. The molecule has 0 aromatic heterocycles. The lowest BCUT2D eigenvalue weighted by Gasteiger charge is -2.25. The minimum atomic E-state index is -0.973. The van der Waals surface area contributed by atoms with E-state index >= 15 is 0 Å². The third-order valence-corrected chi connectivity index (χ3v) is 2.42. The number of rotatable bonds is 6. The molecular weight excluding hydrogens is 252 g/mol. The van der Waals surface area contributed by atoms with Crippen LogP contribution >= 0.6 is 0 Å². The molecule has 0 spiro atoms. The van der Waals surface area contributed by atoms with Crippen molar-refractivity contribution < 1.29 is 18.3 Å². The van der Waals surface area contributed by atoms with Crippen LogP contribution in [0.3, 0.4) is 0 Å². The number of hydrogen-bond acceptors (Lipinski definition) is 3. The van der Waals surface area contributed by atoms with Crippen molar-refractivity contribution in [1.29, 1.82) is 0 Å². The normalized spacial score (nSPS) is 13.4. The third kappa shape index (κ3) is 5.53. The Bertz CT molecular complexity index is 405. The summed E-state index contributed by atoms with van der Waals surface area (Å²) < 4.78 is 37.1. The van der Waals surface area contributed by atoms with Crippen molar-refractivity contribution in [3.63, 3.8) is 0 Å². The fraction of sp³-hybridized carbons (Fsp3) is 0.571. The van der Waals surface area contributed by atoms with Gasteiger partial charge in [0.05, 0.1) is 6.61 Å². The van der Waals surface area contributed by atoms with Crippen LogP contribution in [0.25, 0.3) is 0 Å². The van der Waals surface area contributed by atoms with Gasteiger partial charge in [-0.15, -0.1) is 0 Å². The highest BCUT2D eigenvalue weighted by Crippen LogP contribution is 2.20. The lowest BCUT2D eigenvalue weighted by atomic mass is 10.1. The molecule has 1 unspecified atom stereocenters. The summed E-state index contributed by atoms with van der Waals surface area (Å²) in [5, 5.41) is 3.24. The summed E-state index contributed by atoms with van der Waals surface area (Å²) in [6.45, 7) is 6.81. The van der Waals surface area contributed by atoms with Gasteiger partial charge in [0.1, 0.15) is 6.10 Å². The summed E-state index contributed by atoms with van der Waals surface area (Å²) in [5.41, 5.74) is -0.0875. The highest BCUT2D eigenvalue weighted by Gasteiger charge is 2.18. The van der Waals surface area contributed by atoms with Crippen LogP contribution in [0.2, 0.25) is 0 Å². The zero-order valence-electron chi connectivity index (χ0n) is 11.8. The van der Waals surface area contributed by atoms with Crippen molar-refractivity contribution in [3.05, 3.63) is 29.8 Å². The molecular formula is C14H21F2NO2. The zero-order chi connectivity index (χ0) is 14.5.